The highest BCUT2D eigenvalue weighted by Gasteiger charge is 2.54. The Bertz CT molecular complexity index is 1580. The van der Waals surface area contributed by atoms with E-state index in [9.17, 15) is 24.3 Å². The van der Waals surface area contributed by atoms with Crippen LogP contribution >= 0.6 is 34.9 Å². The molecule has 3 aromatic rings. The summed E-state index contributed by atoms with van der Waals surface area (Å²) in [6.45, 7) is 0. The van der Waals surface area contributed by atoms with Crippen molar-refractivity contribution in [2.24, 2.45) is 10.9 Å². The molecule has 3 aromatic heterocycles. The molecule has 202 valence electrons. The van der Waals surface area contributed by atoms with E-state index in [1.54, 1.807) is 0 Å². The highest BCUT2D eigenvalue weighted by molar-refractivity contribution is 8.01. The van der Waals surface area contributed by atoms with E-state index in [2.05, 4.69) is 36.1 Å². The van der Waals surface area contributed by atoms with Crippen LogP contribution in [0.4, 0.5) is 5.13 Å². The number of fused-ring (bicyclic) bond motifs is 2. The number of nitrogens with two attached hydrogens (primary N) is 2. The molecule has 2 aliphatic rings. The summed E-state index contributed by atoms with van der Waals surface area (Å²) >= 11 is 3.51. The predicted octanol–water partition coefficient (Wildman–Crippen LogP) is -1.46. The molecule has 0 bridgehead atoms. The summed E-state index contributed by atoms with van der Waals surface area (Å²) in [7, 11) is 1.25. The first-order chi connectivity index (χ1) is 18.7. The van der Waals surface area contributed by atoms with Crippen molar-refractivity contribution in [2.75, 3.05) is 24.3 Å². The summed E-state index contributed by atoms with van der Waals surface area (Å²) < 4.78 is 1.05. The van der Waals surface area contributed by atoms with Crippen LogP contribution in [-0.4, -0.2) is 99.7 Å². The molecule has 3 amide bonds. The lowest BCUT2D eigenvalue weighted by molar-refractivity contribution is -0.150. The molecule has 1 unspecified atom stereocenters. The lowest BCUT2D eigenvalue weighted by atomic mass is 10.0. The number of carboxylic acid groups (broad SMARTS) is 1. The number of aromatic nitrogens is 6. The van der Waals surface area contributed by atoms with E-state index >= 15 is 0 Å². The van der Waals surface area contributed by atoms with Crippen LogP contribution in [0.15, 0.2) is 32.9 Å². The number of oxime groups is 1. The van der Waals surface area contributed by atoms with Gasteiger partial charge in [-0.1, -0.05) is 16.9 Å². The zero-order valence-electron chi connectivity index (χ0n) is 19.7. The van der Waals surface area contributed by atoms with Gasteiger partial charge in [-0.3, -0.25) is 19.3 Å². The number of anilines is 1. The molecule has 5 rings (SSSR count). The van der Waals surface area contributed by atoms with Crippen LogP contribution < -0.4 is 16.8 Å². The highest BCUT2D eigenvalue weighted by atomic mass is 32.2. The Kier molecular flexibility index (Phi) is 7.06. The van der Waals surface area contributed by atoms with Gasteiger partial charge >= 0.3 is 5.97 Å². The first-order valence-corrected chi connectivity index (χ1v) is 13.7. The van der Waals surface area contributed by atoms with Crippen molar-refractivity contribution in [3.63, 3.8) is 0 Å². The molecule has 39 heavy (non-hydrogen) atoms. The second kappa shape index (κ2) is 10.5. The molecule has 0 radical (unpaired) electrons. The second-order valence-corrected chi connectivity index (χ2v) is 10.8. The van der Waals surface area contributed by atoms with Gasteiger partial charge in [0.15, 0.2) is 10.8 Å². The van der Waals surface area contributed by atoms with Crippen LogP contribution in [0.25, 0.3) is 5.65 Å². The minimum absolute atomic E-state index is 0.0521. The number of hydrogen-bond acceptors (Lipinski definition) is 15. The highest BCUT2D eigenvalue weighted by Crippen LogP contribution is 2.41. The molecule has 0 saturated carbocycles. The van der Waals surface area contributed by atoms with Crippen molar-refractivity contribution in [1.82, 2.24) is 40.5 Å². The Morgan fingerprint density at radius 1 is 1.38 bits per heavy atom. The number of carbonyl (C=O) groups is 4. The number of primary amides is 1. The first kappa shape index (κ1) is 26.3. The molecule has 2 aliphatic heterocycles. The summed E-state index contributed by atoms with van der Waals surface area (Å²) in [4.78, 5) is 59.8. The maximum Gasteiger partial charge on any atom is 0.352 e. The zero-order valence-corrected chi connectivity index (χ0v) is 22.1. The second-order valence-electron chi connectivity index (χ2n) is 7.85. The van der Waals surface area contributed by atoms with E-state index in [4.69, 9.17) is 16.3 Å². The number of nitrogens with one attached hydrogen (secondary N) is 1. The lowest BCUT2D eigenvalue weighted by Gasteiger charge is -2.49. The summed E-state index contributed by atoms with van der Waals surface area (Å²) in [6, 6.07) is 0.416. The fourth-order valence-electron chi connectivity index (χ4n) is 3.83. The quantitative estimate of drug-likeness (QED) is 0.0961. The molecular formula is C19H17N11O6S3. The van der Waals surface area contributed by atoms with E-state index in [0.29, 0.717) is 10.6 Å². The largest absolute Gasteiger partial charge is 0.477 e. The van der Waals surface area contributed by atoms with E-state index in [1.165, 1.54) is 30.3 Å². The van der Waals surface area contributed by atoms with Gasteiger partial charge in [-0.25, -0.2) is 9.78 Å². The van der Waals surface area contributed by atoms with Crippen molar-refractivity contribution in [3.8, 4) is 0 Å². The van der Waals surface area contributed by atoms with Crippen molar-refractivity contribution < 1.29 is 29.1 Å². The maximum atomic E-state index is 13.0. The van der Waals surface area contributed by atoms with Crippen molar-refractivity contribution >= 4 is 75.0 Å². The Morgan fingerprint density at radius 2 is 2.18 bits per heavy atom. The van der Waals surface area contributed by atoms with Gasteiger partial charge in [0.2, 0.25) is 5.65 Å². The number of nitrogens with zero attached hydrogens (tertiary/aromatic N) is 8. The van der Waals surface area contributed by atoms with Gasteiger partial charge in [0.1, 0.15) is 34.9 Å². The first-order valence-electron chi connectivity index (χ1n) is 10.7. The number of carbonyl (C=O) groups excluding carboxylic acids is 3. The molecule has 1 saturated heterocycles. The normalized spacial score (nSPS) is 19.1. The number of thiazole rings is 1. The average molecular weight is 592 g/mol. The standard InChI is InChI=1S/C19H17N11O6S3/c1-36-26-10(8-5-39-19(21)22-8)15(32)23-11-16(33)29-12(18(34)35)6(4-38-17(11)29)3-37-9-2-7(13(20)31)14-24-27-28-30(14)25-9/h2,5,11,17H,3-4H2,1H3,(H2,20,31)(H2,21,22)(H,23,32)(H,34,35)/t11?,17-/m1/s1. The van der Waals surface area contributed by atoms with Crippen molar-refractivity contribution in [2.45, 2.75) is 16.4 Å². The molecular weight excluding hydrogens is 574 g/mol. The fourth-order valence-corrected chi connectivity index (χ4v) is 6.75. The molecule has 0 aromatic carbocycles. The Labute approximate surface area is 230 Å². The van der Waals surface area contributed by atoms with E-state index < -0.39 is 35.1 Å². The minimum atomic E-state index is -1.30. The number of aliphatic carboxylic acids is 1. The Balaban J connectivity index is 1.33. The number of β-lactam (4-membered cyclic amide) rings is 1. The van der Waals surface area contributed by atoms with Gasteiger partial charge < -0.3 is 26.7 Å². The summed E-state index contributed by atoms with van der Waals surface area (Å²) in [5.74, 6) is -2.98. The van der Waals surface area contributed by atoms with Crippen LogP contribution in [0.1, 0.15) is 16.1 Å². The number of hydrogen-bond donors (Lipinski definition) is 4. The number of tetrazole rings is 1. The van der Waals surface area contributed by atoms with Crippen LogP contribution in [0, 0.1) is 0 Å². The van der Waals surface area contributed by atoms with Crippen LogP contribution in [0.3, 0.4) is 0 Å². The third-order valence-electron chi connectivity index (χ3n) is 5.51. The number of thioether (sulfide) groups is 2. The average Bonchev–Trinajstić information content (AvgIpc) is 3.56. The Hall–Kier alpha value is -4.30. The maximum absolute atomic E-state index is 13.0. The number of rotatable bonds is 9. The summed E-state index contributed by atoms with van der Waals surface area (Å²) in [5.41, 5.74) is 11.5. The molecule has 0 aliphatic carbocycles. The molecule has 20 heteroatoms. The van der Waals surface area contributed by atoms with Gasteiger partial charge in [-0.05, 0) is 22.1 Å². The van der Waals surface area contributed by atoms with Gasteiger partial charge in [-0.2, -0.15) is 0 Å². The molecule has 1 fully saturated rings. The SMILES string of the molecule is CON=C(C(=O)NC1C(=O)N2C(C(=O)O)=C(CSc3cc(C(N)=O)c4nnnn4n3)CS[C@H]12)c1csc(N)n1. The van der Waals surface area contributed by atoms with Gasteiger partial charge in [-0.15, -0.1) is 37.9 Å². The summed E-state index contributed by atoms with van der Waals surface area (Å²) in [6.07, 6.45) is 0. The topological polar surface area (TPSA) is 246 Å². The third-order valence-corrected chi connectivity index (χ3v) is 8.52. The number of nitrogen functional groups attached to an aromatic ring is 1. The molecule has 17 nitrogen and oxygen atoms in total. The van der Waals surface area contributed by atoms with Crippen LogP contribution in [0.5, 0.6) is 0 Å². The van der Waals surface area contributed by atoms with Gasteiger partial charge in [0.05, 0.1) is 5.56 Å². The molecule has 6 N–H and O–H groups in total. The third kappa shape index (κ3) is 4.83. The minimum Gasteiger partial charge on any atom is -0.477 e. The zero-order chi connectivity index (χ0) is 27.8. The smallest absolute Gasteiger partial charge is 0.352 e. The predicted molar refractivity (Wildman–Crippen MR) is 138 cm³/mol. The Morgan fingerprint density at radius 3 is 2.85 bits per heavy atom. The van der Waals surface area contributed by atoms with Gasteiger partial charge in [0.25, 0.3) is 17.7 Å². The van der Waals surface area contributed by atoms with E-state index in [1.807, 2.05) is 0 Å². The van der Waals surface area contributed by atoms with E-state index in [0.717, 1.165) is 32.6 Å². The monoisotopic (exact) mass is 591 g/mol. The molecule has 2 atom stereocenters. The van der Waals surface area contributed by atoms with E-state index in [-0.39, 0.29) is 45.0 Å². The van der Waals surface area contributed by atoms with Crippen LogP contribution in [0.2, 0.25) is 0 Å². The number of carboxylic acids is 1. The van der Waals surface area contributed by atoms with Gasteiger partial charge in [0, 0.05) is 16.9 Å². The molecule has 0 spiro atoms. The summed E-state index contributed by atoms with van der Waals surface area (Å²) in [5, 5.41) is 32.7. The van der Waals surface area contributed by atoms with Crippen LogP contribution in [-0.2, 0) is 19.2 Å². The fraction of sp³-hybridized carbons (Fsp3) is 0.263. The number of amides is 3. The van der Waals surface area contributed by atoms with Crippen molar-refractivity contribution in [3.05, 3.63) is 34.0 Å². The lowest BCUT2D eigenvalue weighted by Crippen LogP contribution is -2.71. The van der Waals surface area contributed by atoms with Crippen molar-refractivity contribution in [1.29, 1.82) is 0 Å². The molecule has 5 heterocycles.